The lowest BCUT2D eigenvalue weighted by atomic mass is 10.2. The van der Waals surface area contributed by atoms with Crippen molar-refractivity contribution in [3.8, 4) is 5.75 Å². The molecule has 1 heterocycles. The lowest BCUT2D eigenvalue weighted by Crippen LogP contribution is -2.41. The predicted octanol–water partition coefficient (Wildman–Crippen LogP) is 2.44. The third kappa shape index (κ3) is 6.42. The molecule has 2 aromatic rings. The topological polar surface area (TPSA) is 152 Å². The van der Waals surface area contributed by atoms with Gasteiger partial charge in [-0.3, -0.25) is 25.1 Å². The van der Waals surface area contributed by atoms with Gasteiger partial charge in [0.15, 0.2) is 0 Å². The Bertz CT molecular complexity index is 1180. The van der Waals surface area contributed by atoms with Crippen LogP contribution in [0.15, 0.2) is 52.5 Å². The fraction of sp³-hybridized carbons (Fsp3) is 0.333. The molecule has 1 aliphatic heterocycles. The lowest BCUT2D eigenvalue weighted by molar-refractivity contribution is -0.384. The maximum Gasteiger partial charge on any atom is 0.295 e. The summed E-state index contributed by atoms with van der Waals surface area (Å²) in [6.45, 7) is 3.59. The second-order valence-corrected chi connectivity index (χ2v) is 9.08. The molecule has 0 aliphatic carbocycles. The Morgan fingerprint density at radius 1 is 1.21 bits per heavy atom. The first-order valence-corrected chi connectivity index (χ1v) is 11.8. The minimum atomic E-state index is -4.08. The molecule has 0 bridgehead atoms. The van der Waals surface area contributed by atoms with Crippen LogP contribution in [0, 0.1) is 10.1 Å². The summed E-state index contributed by atoms with van der Waals surface area (Å²) in [7, 11) is -2.60. The molecule has 2 N–H and O–H groups in total. The summed E-state index contributed by atoms with van der Waals surface area (Å²) >= 11 is 0. The third-order valence-electron chi connectivity index (χ3n) is 4.96. The summed E-state index contributed by atoms with van der Waals surface area (Å²) < 4.78 is 38.1. The van der Waals surface area contributed by atoms with Gasteiger partial charge in [-0.25, -0.2) is 8.42 Å². The van der Waals surface area contributed by atoms with Crippen molar-refractivity contribution in [2.75, 3.05) is 43.6 Å². The molecular formula is C21H25N5O7S. The van der Waals surface area contributed by atoms with Crippen molar-refractivity contribution in [1.82, 2.24) is 4.90 Å². The van der Waals surface area contributed by atoms with Crippen molar-refractivity contribution < 1.29 is 27.6 Å². The van der Waals surface area contributed by atoms with Crippen LogP contribution < -0.4 is 14.9 Å². The molecule has 13 heteroatoms. The highest BCUT2D eigenvalue weighted by Gasteiger charge is 2.22. The van der Waals surface area contributed by atoms with Crippen LogP contribution in [0.25, 0.3) is 0 Å². The highest BCUT2D eigenvalue weighted by Crippen LogP contribution is 2.29. The summed E-state index contributed by atoms with van der Waals surface area (Å²) in [5.74, 6) is 0.434. The molecule has 182 valence electrons. The Hall–Kier alpha value is -3.71. The minimum Gasteiger partial charge on any atom is -0.497 e. The van der Waals surface area contributed by atoms with E-state index in [-0.39, 0.29) is 28.6 Å². The first kappa shape index (κ1) is 24.9. The molecule has 0 atom stereocenters. The van der Waals surface area contributed by atoms with Gasteiger partial charge in [-0.1, -0.05) is 0 Å². The molecule has 0 radical (unpaired) electrons. The van der Waals surface area contributed by atoms with Crippen molar-refractivity contribution >= 4 is 38.7 Å². The van der Waals surface area contributed by atoms with Crippen LogP contribution in [0.2, 0.25) is 0 Å². The van der Waals surface area contributed by atoms with Gasteiger partial charge >= 0.3 is 0 Å². The Morgan fingerprint density at radius 2 is 1.88 bits per heavy atom. The molecule has 2 aromatic carbocycles. The number of hydrogen-bond acceptors (Lipinski definition) is 9. The van der Waals surface area contributed by atoms with Crippen molar-refractivity contribution in [3.05, 3.63) is 52.6 Å². The number of nitro benzene ring substituents is 1. The maximum atomic E-state index is 12.7. The van der Waals surface area contributed by atoms with Gasteiger partial charge < -0.3 is 14.4 Å². The van der Waals surface area contributed by atoms with E-state index in [1.54, 1.807) is 24.0 Å². The Kier molecular flexibility index (Phi) is 8.02. The summed E-state index contributed by atoms with van der Waals surface area (Å²) in [6, 6.07) is 9.60. The molecule has 0 aromatic heterocycles. The molecule has 1 amide bonds. The number of anilines is 2. The van der Waals surface area contributed by atoms with Gasteiger partial charge in [0, 0.05) is 30.6 Å². The van der Waals surface area contributed by atoms with Gasteiger partial charge in [0.25, 0.3) is 15.7 Å². The standard InChI is InChI=1S/C21H25N5O7S/c1-15(13-21(27)25-9-11-33-12-10-25)22-23-19-8-7-18(14-20(19)26(28)29)34(30,31)24-16-3-5-17(32-2)6-4-16/h3-8,14,23-24H,9-13H2,1-2H3/b22-15-. The van der Waals surface area contributed by atoms with Crippen LogP contribution in [-0.4, -0.2) is 63.3 Å². The van der Waals surface area contributed by atoms with E-state index < -0.39 is 20.6 Å². The zero-order valence-electron chi connectivity index (χ0n) is 18.7. The molecule has 1 fully saturated rings. The number of carbonyl (C=O) groups is 1. The van der Waals surface area contributed by atoms with Gasteiger partial charge in [-0.15, -0.1) is 0 Å². The van der Waals surface area contributed by atoms with Crippen LogP contribution in [0.4, 0.5) is 17.1 Å². The highest BCUT2D eigenvalue weighted by atomic mass is 32.2. The molecule has 0 unspecified atom stereocenters. The zero-order chi connectivity index (χ0) is 24.7. The van der Waals surface area contributed by atoms with Crippen LogP contribution in [0.5, 0.6) is 5.75 Å². The van der Waals surface area contributed by atoms with E-state index in [0.29, 0.717) is 37.8 Å². The average molecular weight is 492 g/mol. The first-order chi connectivity index (χ1) is 16.2. The Morgan fingerprint density at radius 3 is 2.50 bits per heavy atom. The maximum absolute atomic E-state index is 12.7. The van der Waals surface area contributed by atoms with Gasteiger partial charge in [0.2, 0.25) is 5.91 Å². The number of morpholine rings is 1. The van der Waals surface area contributed by atoms with Crippen molar-refractivity contribution in [2.45, 2.75) is 18.2 Å². The number of carbonyl (C=O) groups excluding carboxylic acids is 1. The van der Waals surface area contributed by atoms with Crippen molar-refractivity contribution in [1.29, 1.82) is 0 Å². The Balaban J connectivity index is 1.73. The third-order valence-corrected chi connectivity index (χ3v) is 6.34. The number of ether oxygens (including phenoxy) is 2. The highest BCUT2D eigenvalue weighted by molar-refractivity contribution is 7.92. The average Bonchev–Trinajstić information content (AvgIpc) is 2.83. The van der Waals surface area contributed by atoms with Gasteiger partial charge in [-0.2, -0.15) is 5.10 Å². The quantitative estimate of drug-likeness (QED) is 0.308. The predicted molar refractivity (Wildman–Crippen MR) is 126 cm³/mol. The smallest absolute Gasteiger partial charge is 0.295 e. The van der Waals surface area contributed by atoms with E-state index >= 15 is 0 Å². The monoisotopic (exact) mass is 491 g/mol. The number of rotatable bonds is 9. The summed E-state index contributed by atoms with van der Waals surface area (Å²) in [5, 5.41) is 15.6. The van der Waals surface area contributed by atoms with E-state index in [9.17, 15) is 23.3 Å². The number of benzene rings is 2. The van der Waals surface area contributed by atoms with Crippen LogP contribution in [0.1, 0.15) is 13.3 Å². The number of nitrogens with zero attached hydrogens (tertiary/aromatic N) is 3. The van der Waals surface area contributed by atoms with Crippen LogP contribution >= 0.6 is 0 Å². The van der Waals surface area contributed by atoms with E-state index in [1.807, 2.05) is 0 Å². The summed E-state index contributed by atoms with van der Waals surface area (Å²) in [5.41, 5.74) is 2.77. The van der Waals surface area contributed by atoms with E-state index in [2.05, 4.69) is 15.2 Å². The number of sulfonamides is 1. The summed E-state index contributed by atoms with van der Waals surface area (Å²) in [4.78, 5) is 24.6. The fourth-order valence-corrected chi connectivity index (χ4v) is 4.21. The first-order valence-electron chi connectivity index (χ1n) is 10.3. The molecule has 12 nitrogen and oxygen atoms in total. The minimum absolute atomic E-state index is 0.00781. The van der Waals surface area contributed by atoms with Gasteiger partial charge in [0.1, 0.15) is 11.4 Å². The molecule has 0 saturated carbocycles. The second kappa shape index (κ2) is 10.9. The number of methoxy groups -OCH3 is 1. The Labute approximate surface area is 196 Å². The largest absolute Gasteiger partial charge is 0.497 e. The van der Waals surface area contributed by atoms with Crippen LogP contribution in [-0.2, 0) is 19.6 Å². The number of amides is 1. The number of hydrogen-bond donors (Lipinski definition) is 2. The van der Waals surface area contributed by atoms with E-state index in [4.69, 9.17) is 9.47 Å². The zero-order valence-corrected chi connectivity index (χ0v) is 19.5. The van der Waals surface area contributed by atoms with E-state index in [1.165, 1.54) is 31.4 Å². The molecule has 0 spiro atoms. The number of hydrazone groups is 1. The molecule has 1 aliphatic rings. The van der Waals surface area contributed by atoms with Crippen molar-refractivity contribution in [3.63, 3.8) is 0 Å². The normalized spacial score (nSPS) is 14.4. The van der Waals surface area contributed by atoms with Crippen molar-refractivity contribution in [2.24, 2.45) is 5.10 Å². The molecular weight excluding hydrogens is 466 g/mol. The van der Waals surface area contributed by atoms with Gasteiger partial charge in [0.05, 0.1) is 36.6 Å². The fourth-order valence-electron chi connectivity index (χ4n) is 3.14. The van der Waals surface area contributed by atoms with Crippen LogP contribution in [0.3, 0.4) is 0 Å². The van der Waals surface area contributed by atoms with E-state index in [0.717, 1.165) is 6.07 Å². The molecule has 1 saturated heterocycles. The summed E-state index contributed by atoms with van der Waals surface area (Å²) in [6.07, 6.45) is 0.0407. The lowest BCUT2D eigenvalue weighted by Gasteiger charge is -2.26. The number of nitro groups is 1. The SMILES string of the molecule is COc1ccc(NS(=O)(=O)c2ccc(N/N=C(/C)CC(=O)N3CCOCC3)c([N+](=O)[O-])c2)cc1. The number of nitrogens with one attached hydrogen (secondary N) is 2. The van der Waals surface area contributed by atoms with Gasteiger partial charge in [-0.05, 0) is 43.3 Å². The molecule has 3 rings (SSSR count). The second-order valence-electron chi connectivity index (χ2n) is 7.40. The molecule has 34 heavy (non-hydrogen) atoms.